The van der Waals surface area contributed by atoms with E-state index in [1.165, 1.54) is 19.3 Å². The van der Waals surface area contributed by atoms with Gasteiger partial charge in [0.2, 0.25) is 0 Å². The number of rotatable bonds is 5. The van der Waals surface area contributed by atoms with Gasteiger partial charge in [-0.05, 0) is 39.0 Å². The van der Waals surface area contributed by atoms with Gasteiger partial charge in [0.1, 0.15) is 12.1 Å². The second-order valence-corrected chi connectivity index (χ2v) is 10.0. The normalized spacial score (nSPS) is 36.4. The molecule has 5 fully saturated rings. The van der Waals surface area contributed by atoms with Crippen molar-refractivity contribution in [3.63, 3.8) is 0 Å². The third-order valence-electron chi connectivity index (χ3n) is 7.85. The van der Waals surface area contributed by atoms with E-state index in [0.717, 1.165) is 63.7 Å². The smallest absolute Gasteiger partial charge is 0.132 e. The van der Waals surface area contributed by atoms with Gasteiger partial charge in [-0.2, -0.15) is 0 Å². The van der Waals surface area contributed by atoms with E-state index >= 15 is 0 Å². The molecule has 2 N–H and O–H groups in total. The van der Waals surface area contributed by atoms with Crippen LogP contribution in [0.5, 0.6) is 0 Å². The molecule has 4 atom stereocenters. The van der Waals surface area contributed by atoms with Gasteiger partial charge in [-0.1, -0.05) is 0 Å². The predicted octanol–water partition coefficient (Wildman–Crippen LogP) is 1.25. The van der Waals surface area contributed by atoms with E-state index in [2.05, 4.69) is 43.6 Å². The zero-order valence-corrected chi connectivity index (χ0v) is 17.9. The van der Waals surface area contributed by atoms with Crippen LogP contribution < -0.4 is 15.8 Å². The largest absolute Gasteiger partial charge is 0.379 e. The number of aromatic nitrogens is 2. The highest BCUT2D eigenvalue weighted by Gasteiger charge is 2.46. The Morgan fingerprint density at radius 2 is 1.97 bits per heavy atom. The van der Waals surface area contributed by atoms with Crippen LogP contribution in [0.3, 0.4) is 0 Å². The number of fused-ring (bicyclic) bond motifs is 1. The van der Waals surface area contributed by atoms with E-state index < -0.39 is 0 Å². The standard InChI is InChI=1S/C22H34N6O2/c1-22(4-5-22)30-16-2-3-18-17(10-16)21(26-25-18)19-11-20(24-14-23-19)28-12-15(13-28)27-6-8-29-9-7-27/h11,14-18,21,25-26H,2-10,12-13H2,1H3. The molecule has 30 heavy (non-hydrogen) atoms. The van der Waals surface area contributed by atoms with Gasteiger partial charge in [-0.15, -0.1) is 0 Å². The van der Waals surface area contributed by atoms with Crippen LogP contribution in [-0.4, -0.2) is 78.0 Å². The second kappa shape index (κ2) is 7.67. The molecule has 8 nitrogen and oxygen atoms in total. The van der Waals surface area contributed by atoms with Crippen molar-refractivity contribution < 1.29 is 9.47 Å². The molecule has 6 rings (SSSR count). The highest BCUT2D eigenvalue weighted by atomic mass is 16.5. The van der Waals surface area contributed by atoms with Crippen molar-refractivity contribution >= 4 is 5.82 Å². The van der Waals surface area contributed by atoms with E-state index in [0.29, 0.717) is 24.1 Å². The highest BCUT2D eigenvalue weighted by Crippen LogP contribution is 2.45. The fourth-order valence-corrected chi connectivity index (χ4v) is 5.63. The predicted molar refractivity (Wildman–Crippen MR) is 113 cm³/mol. The zero-order valence-electron chi connectivity index (χ0n) is 17.9. The molecule has 5 aliphatic rings. The molecule has 4 unspecified atom stereocenters. The Labute approximate surface area is 178 Å². The van der Waals surface area contributed by atoms with Crippen LogP contribution in [0.1, 0.15) is 50.8 Å². The van der Waals surface area contributed by atoms with Crippen molar-refractivity contribution in [1.29, 1.82) is 0 Å². The van der Waals surface area contributed by atoms with Crippen LogP contribution in [0.4, 0.5) is 5.82 Å². The summed E-state index contributed by atoms with van der Waals surface area (Å²) in [5, 5.41) is 0. The summed E-state index contributed by atoms with van der Waals surface area (Å²) in [7, 11) is 0. The molecule has 2 aliphatic carbocycles. The zero-order chi connectivity index (χ0) is 20.1. The van der Waals surface area contributed by atoms with E-state index in [4.69, 9.17) is 9.47 Å². The second-order valence-electron chi connectivity index (χ2n) is 10.0. The van der Waals surface area contributed by atoms with E-state index in [-0.39, 0.29) is 11.6 Å². The quantitative estimate of drug-likeness (QED) is 0.746. The number of nitrogens with zero attached hydrogens (tertiary/aromatic N) is 4. The Morgan fingerprint density at radius 1 is 1.13 bits per heavy atom. The summed E-state index contributed by atoms with van der Waals surface area (Å²) in [4.78, 5) is 14.2. The van der Waals surface area contributed by atoms with Crippen molar-refractivity contribution in [2.45, 2.75) is 68.9 Å². The Kier molecular flexibility index (Phi) is 4.95. The van der Waals surface area contributed by atoms with Crippen molar-refractivity contribution in [3.8, 4) is 0 Å². The summed E-state index contributed by atoms with van der Waals surface area (Å²) in [6.07, 6.45) is 7.98. The minimum atomic E-state index is 0.156. The minimum absolute atomic E-state index is 0.156. The molecule has 0 radical (unpaired) electrons. The summed E-state index contributed by atoms with van der Waals surface area (Å²) in [5.41, 5.74) is 8.34. The van der Waals surface area contributed by atoms with E-state index in [1.54, 1.807) is 6.33 Å². The van der Waals surface area contributed by atoms with Gasteiger partial charge >= 0.3 is 0 Å². The van der Waals surface area contributed by atoms with Gasteiger partial charge in [0, 0.05) is 50.2 Å². The molecular formula is C22H34N6O2. The summed E-state index contributed by atoms with van der Waals surface area (Å²) in [5.74, 6) is 1.58. The first-order valence-corrected chi connectivity index (χ1v) is 11.7. The maximum atomic E-state index is 6.43. The fraction of sp³-hybridized carbons (Fsp3) is 0.818. The molecule has 1 aromatic heterocycles. The summed E-state index contributed by atoms with van der Waals surface area (Å²) in [6.45, 7) is 8.19. The molecule has 4 heterocycles. The Morgan fingerprint density at radius 3 is 2.77 bits per heavy atom. The fourth-order valence-electron chi connectivity index (χ4n) is 5.63. The third-order valence-corrected chi connectivity index (χ3v) is 7.85. The molecule has 3 saturated heterocycles. The number of hydrogen-bond donors (Lipinski definition) is 2. The average Bonchev–Trinajstić information content (AvgIpc) is 3.31. The lowest BCUT2D eigenvalue weighted by Crippen LogP contribution is -2.61. The van der Waals surface area contributed by atoms with Gasteiger partial charge in [0.25, 0.3) is 0 Å². The van der Waals surface area contributed by atoms with Gasteiger partial charge in [-0.25, -0.2) is 15.4 Å². The van der Waals surface area contributed by atoms with Crippen molar-refractivity contribution in [2.75, 3.05) is 44.3 Å². The Hall–Kier alpha value is -1.32. The van der Waals surface area contributed by atoms with Gasteiger partial charge in [-0.3, -0.25) is 10.3 Å². The molecule has 3 aliphatic heterocycles. The number of hydrazine groups is 1. The number of hydrogen-bond acceptors (Lipinski definition) is 8. The molecular weight excluding hydrogens is 380 g/mol. The molecule has 1 aromatic rings. The van der Waals surface area contributed by atoms with Crippen molar-refractivity contribution in [3.05, 3.63) is 18.1 Å². The lowest BCUT2D eigenvalue weighted by atomic mass is 9.79. The Bertz CT molecular complexity index is 762. The molecule has 0 spiro atoms. The molecule has 164 valence electrons. The van der Waals surface area contributed by atoms with Crippen LogP contribution in [0.15, 0.2) is 12.4 Å². The monoisotopic (exact) mass is 414 g/mol. The molecule has 0 bridgehead atoms. The first kappa shape index (κ1) is 19.4. The maximum Gasteiger partial charge on any atom is 0.132 e. The topological polar surface area (TPSA) is 74.8 Å². The number of ether oxygens (including phenoxy) is 2. The highest BCUT2D eigenvalue weighted by molar-refractivity contribution is 5.43. The van der Waals surface area contributed by atoms with Crippen LogP contribution >= 0.6 is 0 Å². The molecule has 0 amide bonds. The van der Waals surface area contributed by atoms with Crippen LogP contribution in [0.25, 0.3) is 0 Å². The summed E-state index contributed by atoms with van der Waals surface area (Å²) >= 11 is 0. The minimum Gasteiger partial charge on any atom is -0.379 e. The number of morpholine rings is 1. The van der Waals surface area contributed by atoms with Gasteiger partial charge < -0.3 is 14.4 Å². The van der Waals surface area contributed by atoms with Crippen LogP contribution in [0.2, 0.25) is 0 Å². The first-order chi connectivity index (χ1) is 14.7. The lowest BCUT2D eigenvalue weighted by molar-refractivity contribution is -0.0500. The van der Waals surface area contributed by atoms with Crippen molar-refractivity contribution in [1.82, 2.24) is 25.7 Å². The van der Waals surface area contributed by atoms with Gasteiger partial charge in [0.05, 0.1) is 36.7 Å². The lowest BCUT2D eigenvalue weighted by Gasteiger charge is -2.47. The number of anilines is 1. The molecule has 2 saturated carbocycles. The average molecular weight is 415 g/mol. The van der Waals surface area contributed by atoms with Gasteiger partial charge in [0.15, 0.2) is 0 Å². The summed E-state index contributed by atoms with van der Waals surface area (Å²) < 4.78 is 11.9. The summed E-state index contributed by atoms with van der Waals surface area (Å²) in [6, 6.07) is 3.56. The third kappa shape index (κ3) is 3.73. The SMILES string of the molecule is CC1(OC2CCC3NNC(c4cc(N5CC(N6CCOCC6)C5)ncn4)C3C2)CC1. The number of nitrogens with one attached hydrogen (secondary N) is 2. The van der Waals surface area contributed by atoms with Crippen molar-refractivity contribution in [2.24, 2.45) is 5.92 Å². The van der Waals surface area contributed by atoms with Crippen LogP contribution in [0, 0.1) is 5.92 Å². The van der Waals surface area contributed by atoms with Crippen LogP contribution in [-0.2, 0) is 9.47 Å². The Balaban J connectivity index is 1.11. The van der Waals surface area contributed by atoms with E-state index in [9.17, 15) is 0 Å². The molecule has 0 aromatic carbocycles. The van der Waals surface area contributed by atoms with E-state index in [1.807, 2.05) is 0 Å². The molecule has 8 heteroatoms. The maximum absolute atomic E-state index is 6.43. The first-order valence-electron chi connectivity index (χ1n) is 11.7.